The van der Waals surface area contributed by atoms with Crippen LogP contribution in [0.25, 0.3) is 10.9 Å². The van der Waals surface area contributed by atoms with Crippen molar-refractivity contribution in [3.05, 3.63) is 29.5 Å². The number of likely N-dealkylation sites (tertiary alicyclic amines) is 1. The van der Waals surface area contributed by atoms with Crippen molar-refractivity contribution in [3.63, 3.8) is 0 Å². The number of aliphatic hydroxyl groups is 1. The molecule has 0 spiro atoms. The first-order valence-electron chi connectivity index (χ1n) is 10.2. The lowest BCUT2D eigenvalue weighted by Gasteiger charge is -2.23. The number of Topliss-reactive ketones (excluding diaryl/α,β-unsaturated/α-hetero) is 1. The number of carbonyl (C=O) groups excluding carboxylic acids is 1. The number of aryl methyl sites for hydroxylation is 1. The van der Waals surface area contributed by atoms with E-state index < -0.39 is 6.10 Å². The topological polar surface area (TPSA) is 54.7 Å². The summed E-state index contributed by atoms with van der Waals surface area (Å²) in [5.41, 5.74) is 2.82. The van der Waals surface area contributed by atoms with Crippen molar-refractivity contribution in [1.29, 1.82) is 0 Å². The van der Waals surface area contributed by atoms with Gasteiger partial charge in [-0.25, -0.2) is 0 Å². The average molecular weight is 409 g/mol. The van der Waals surface area contributed by atoms with Gasteiger partial charge in [0, 0.05) is 35.2 Å². The zero-order valence-electron chi connectivity index (χ0n) is 17.2. The Hall–Kier alpha value is -1.56. The molecular formula is C22H33ClN2O3. The van der Waals surface area contributed by atoms with Crippen LogP contribution in [0.4, 0.5) is 0 Å². The minimum absolute atomic E-state index is 0. The highest BCUT2D eigenvalue weighted by atomic mass is 35.5. The molecule has 1 N–H and O–H groups in total. The first-order chi connectivity index (χ1) is 13.0. The molecule has 0 saturated carbocycles. The number of nitrogens with zero attached hydrogens (tertiary/aromatic N) is 2. The van der Waals surface area contributed by atoms with Gasteiger partial charge in [-0.2, -0.15) is 0 Å². The standard InChI is InChI=1S/C22H32N2O3.ClH/c1-4-24-16(2)22(17(3)25)20-13-19(9-10-21(20)24)27-15-18(26)14-23-11-7-5-6-8-12-23;/h9-10,13,18,26H,4-8,11-12,14-15H2,1-3H3;1H. The Morgan fingerprint density at radius 3 is 2.50 bits per heavy atom. The average Bonchev–Trinajstić information content (AvgIpc) is 2.77. The van der Waals surface area contributed by atoms with E-state index in [1.165, 1.54) is 25.7 Å². The van der Waals surface area contributed by atoms with E-state index in [1.54, 1.807) is 6.92 Å². The van der Waals surface area contributed by atoms with Crippen LogP contribution in [0.5, 0.6) is 5.75 Å². The van der Waals surface area contributed by atoms with Gasteiger partial charge in [0.15, 0.2) is 5.78 Å². The second kappa shape index (κ2) is 10.3. The van der Waals surface area contributed by atoms with Crippen molar-refractivity contribution < 1.29 is 14.6 Å². The third kappa shape index (κ3) is 5.07. The molecular weight excluding hydrogens is 376 g/mol. The second-order valence-electron chi connectivity index (χ2n) is 7.62. The summed E-state index contributed by atoms with van der Waals surface area (Å²) in [5.74, 6) is 0.774. The van der Waals surface area contributed by atoms with Gasteiger partial charge in [-0.1, -0.05) is 12.8 Å². The van der Waals surface area contributed by atoms with Crippen LogP contribution in [-0.2, 0) is 6.54 Å². The van der Waals surface area contributed by atoms with E-state index in [0.29, 0.717) is 12.3 Å². The van der Waals surface area contributed by atoms with Gasteiger partial charge >= 0.3 is 0 Å². The van der Waals surface area contributed by atoms with Gasteiger partial charge < -0.3 is 19.3 Å². The third-order valence-electron chi connectivity index (χ3n) is 5.57. The second-order valence-corrected chi connectivity index (χ2v) is 7.62. The lowest BCUT2D eigenvalue weighted by Crippen LogP contribution is -2.36. The number of hydrogen-bond donors (Lipinski definition) is 1. The first kappa shape index (κ1) is 22.7. The number of ether oxygens (including phenoxy) is 1. The van der Waals surface area contributed by atoms with Crippen LogP contribution in [0.1, 0.15) is 55.6 Å². The van der Waals surface area contributed by atoms with E-state index >= 15 is 0 Å². The lowest BCUT2D eigenvalue weighted by molar-refractivity contribution is 0.0694. The van der Waals surface area contributed by atoms with Crippen molar-refractivity contribution in [3.8, 4) is 5.75 Å². The van der Waals surface area contributed by atoms with Gasteiger partial charge in [-0.3, -0.25) is 4.79 Å². The molecule has 2 aromatic rings. The van der Waals surface area contributed by atoms with Gasteiger partial charge in [0.2, 0.25) is 0 Å². The number of rotatable bonds is 7. The number of aliphatic hydroxyl groups excluding tert-OH is 1. The summed E-state index contributed by atoms with van der Waals surface area (Å²) >= 11 is 0. The fraction of sp³-hybridized carbons (Fsp3) is 0.591. The summed E-state index contributed by atoms with van der Waals surface area (Å²) in [6.45, 7) is 9.57. The first-order valence-corrected chi connectivity index (χ1v) is 10.2. The number of carbonyl (C=O) groups is 1. The minimum atomic E-state index is -0.506. The van der Waals surface area contributed by atoms with E-state index in [0.717, 1.165) is 41.8 Å². The van der Waals surface area contributed by atoms with Crippen LogP contribution in [0.2, 0.25) is 0 Å². The highest BCUT2D eigenvalue weighted by Gasteiger charge is 2.18. The largest absolute Gasteiger partial charge is 0.491 e. The summed E-state index contributed by atoms with van der Waals surface area (Å²) < 4.78 is 8.03. The maximum Gasteiger partial charge on any atom is 0.162 e. The van der Waals surface area contributed by atoms with Gasteiger partial charge in [0.05, 0.1) is 0 Å². The maximum absolute atomic E-state index is 12.1. The van der Waals surface area contributed by atoms with E-state index in [-0.39, 0.29) is 24.8 Å². The SMILES string of the molecule is CCn1c(C)c(C(C)=O)c2cc(OCC(O)CN3CCCCCC3)ccc21.Cl. The van der Waals surface area contributed by atoms with Crippen LogP contribution < -0.4 is 4.74 Å². The summed E-state index contributed by atoms with van der Waals surface area (Å²) in [5, 5.41) is 11.3. The molecule has 1 saturated heterocycles. The van der Waals surface area contributed by atoms with Crippen molar-refractivity contribution in [1.82, 2.24) is 9.47 Å². The molecule has 0 bridgehead atoms. The number of ketones is 1. The van der Waals surface area contributed by atoms with Crippen LogP contribution in [0.15, 0.2) is 18.2 Å². The quantitative estimate of drug-likeness (QED) is 0.697. The van der Waals surface area contributed by atoms with E-state index in [1.807, 2.05) is 25.1 Å². The Kier molecular flexibility index (Phi) is 8.35. The number of aromatic nitrogens is 1. The van der Waals surface area contributed by atoms with E-state index in [2.05, 4.69) is 16.4 Å². The predicted molar refractivity (Wildman–Crippen MR) is 116 cm³/mol. The van der Waals surface area contributed by atoms with Gasteiger partial charge in [-0.15, -0.1) is 12.4 Å². The Labute approximate surface area is 174 Å². The molecule has 1 atom stereocenters. The van der Waals surface area contributed by atoms with Crippen molar-refractivity contribution in [2.45, 2.75) is 59.1 Å². The zero-order valence-corrected chi connectivity index (χ0v) is 18.1. The van der Waals surface area contributed by atoms with Gasteiger partial charge in [-0.05, 0) is 64.9 Å². The van der Waals surface area contributed by atoms with Crippen molar-refractivity contribution >= 4 is 29.1 Å². The molecule has 28 heavy (non-hydrogen) atoms. The summed E-state index contributed by atoms with van der Waals surface area (Å²) in [7, 11) is 0. The van der Waals surface area contributed by atoms with Gasteiger partial charge in [0.25, 0.3) is 0 Å². The fourth-order valence-electron chi connectivity index (χ4n) is 4.26. The maximum atomic E-state index is 12.1. The van der Waals surface area contributed by atoms with Crippen LogP contribution >= 0.6 is 12.4 Å². The number of benzene rings is 1. The lowest BCUT2D eigenvalue weighted by atomic mass is 10.1. The van der Waals surface area contributed by atoms with Crippen LogP contribution in [-0.4, -0.2) is 52.7 Å². The highest BCUT2D eigenvalue weighted by molar-refractivity contribution is 6.08. The molecule has 0 radical (unpaired) electrons. The number of halogens is 1. The van der Waals surface area contributed by atoms with Crippen LogP contribution in [0, 0.1) is 6.92 Å². The molecule has 1 aliphatic heterocycles. The predicted octanol–water partition coefficient (Wildman–Crippen LogP) is 4.21. The number of fused-ring (bicyclic) bond motifs is 1. The zero-order chi connectivity index (χ0) is 19.4. The Morgan fingerprint density at radius 1 is 1.21 bits per heavy atom. The summed E-state index contributed by atoms with van der Waals surface area (Å²) in [6.07, 6.45) is 4.50. The van der Waals surface area contributed by atoms with E-state index in [4.69, 9.17) is 4.74 Å². The molecule has 6 heteroatoms. The fourth-order valence-corrected chi connectivity index (χ4v) is 4.26. The Balaban J connectivity index is 0.00000280. The number of β-amino-alcohol motifs (C(OH)–C–C–N with tert-alkyl or cyclic N) is 1. The molecule has 1 fully saturated rings. The molecule has 1 aromatic carbocycles. The normalized spacial score (nSPS) is 16.4. The van der Waals surface area contributed by atoms with Crippen LogP contribution in [0.3, 0.4) is 0 Å². The molecule has 5 nitrogen and oxygen atoms in total. The van der Waals surface area contributed by atoms with Crippen molar-refractivity contribution in [2.75, 3.05) is 26.2 Å². The highest BCUT2D eigenvalue weighted by Crippen LogP contribution is 2.30. The smallest absolute Gasteiger partial charge is 0.162 e. The molecule has 3 rings (SSSR count). The third-order valence-corrected chi connectivity index (χ3v) is 5.57. The molecule has 2 heterocycles. The molecule has 0 aliphatic carbocycles. The molecule has 156 valence electrons. The monoisotopic (exact) mass is 408 g/mol. The summed E-state index contributed by atoms with van der Waals surface area (Å²) in [4.78, 5) is 14.5. The molecule has 1 unspecified atom stereocenters. The summed E-state index contributed by atoms with van der Waals surface area (Å²) in [6, 6.07) is 5.87. The molecule has 0 amide bonds. The van der Waals surface area contributed by atoms with Crippen molar-refractivity contribution in [2.24, 2.45) is 0 Å². The Morgan fingerprint density at radius 2 is 1.89 bits per heavy atom. The van der Waals surface area contributed by atoms with Gasteiger partial charge in [0.1, 0.15) is 18.5 Å². The molecule has 1 aliphatic rings. The van der Waals surface area contributed by atoms with E-state index in [9.17, 15) is 9.90 Å². The number of hydrogen-bond acceptors (Lipinski definition) is 4. The Bertz CT molecular complexity index is 795. The minimum Gasteiger partial charge on any atom is -0.491 e. The molecule has 1 aromatic heterocycles.